The summed E-state index contributed by atoms with van der Waals surface area (Å²) in [5.41, 5.74) is 0.853. The summed E-state index contributed by atoms with van der Waals surface area (Å²) in [6.07, 6.45) is 8.89. The fourth-order valence-electron chi connectivity index (χ4n) is 6.02. The zero-order valence-corrected chi connectivity index (χ0v) is 23.5. The number of aliphatic hydroxyl groups excluding tert-OH is 1. The molecule has 1 saturated heterocycles. The van der Waals surface area contributed by atoms with Crippen LogP contribution in [0.25, 0.3) is 0 Å². The summed E-state index contributed by atoms with van der Waals surface area (Å²) >= 11 is 0. The van der Waals surface area contributed by atoms with E-state index in [1.165, 1.54) is 19.3 Å². The lowest BCUT2D eigenvalue weighted by molar-refractivity contribution is -0.127. The van der Waals surface area contributed by atoms with Crippen molar-refractivity contribution in [2.24, 2.45) is 11.8 Å². The first kappa shape index (κ1) is 28.2. The molecule has 1 amide bonds. The molecule has 8 nitrogen and oxygen atoms in total. The number of methoxy groups -OCH3 is 1. The lowest BCUT2D eigenvalue weighted by atomic mass is 9.83. The van der Waals surface area contributed by atoms with E-state index in [0.717, 1.165) is 94.5 Å². The van der Waals surface area contributed by atoms with Crippen molar-refractivity contribution in [3.8, 4) is 0 Å². The van der Waals surface area contributed by atoms with E-state index in [0.29, 0.717) is 12.6 Å². The first-order valence-corrected chi connectivity index (χ1v) is 14.5. The molecule has 0 unspecified atom stereocenters. The molecule has 0 radical (unpaired) electrons. The van der Waals surface area contributed by atoms with Crippen LogP contribution in [-0.2, 0) is 21.6 Å². The summed E-state index contributed by atoms with van der Waals surface area (Å²) in [6.45, 7) is 12.3. The normalized spacial score (nSPS) is 27.8. The second-order valence-electron chi connectivity index (χ2n) is 12.6. The third-order valence-electron chi connectivity index (χ3n) is 8.54. The number of carbonyl (C=O) groups excluding carboxylic acids is 1. The molecule has 2 saturated carbocycles. The Labute approximate surface area is 223 Å². The minimum Gasteiger partial charge on any atom is -0.393 e. The van der Waals surface area contributed by atoms with Crippen molar-refractivity contribution >= 4 is 11.7 Å². The molecule has 0 atom stereocenters. The van der Waals surface area contributed by atoms with Crippen molar-refractivity contribution in [3.63, 3.8) is 0 Å². The molecule has 0 spiro atoms. The van der Waals surface area contributed by atoms with E-state index >= 15 is 0 Å². The van der Waals surface area contributed by atoms with E-state index < -0.39 is 0 Å². The average Bonchev–Trinajstić information content (AvgIpc) is 2.88. The molecule has 1 aromatic heterocycles. The molecular formula is C29H49N5O3. The van der Waals surface area contributed by atoms with Crippen LogP contribution in [-0.4, -0.2) is 77.9 Å². The summed E-state index contributed by atoms with van der Waals surface area (Å²) in [6, 6.07) is 2.43. The van der Waals surface area contributed by atoms with Gasteiger partial charge in [-0.1, -0.05) is 20.8 Å². The van der Waals surface area contributed by atoms with Crippen molar-refractivity contribution in [2.45, 2.75) is 103 Å². The molecule has 0 bridgehead atoms. The maximum atomic E-state index is 12.6. The molecule has 0 aromatic carbocycles. The molecule has 4 rings (SSSR count). The van der Waals surface area contributed by atoms with Crippen LogP contribution in [0.5, 0.6) is 0 Å². The Balaban J connectivity index is 1.17. The fraction of sp³-hybridized carbons (Fsp3) is 0.828. The number of carbonyl (C=O) groups is 1. The summed E-state index contributed by atoms with van der Waals surface area (Å²) in [7, 11) is 1.71. The number of aliphatic hydroxyl groups is 1. The SMILES string of the molecule is COCc1cc(N2CCN(CCC3CCC(NC(=O)C4CCC(O)CC4)CC3)CC2)nc(C(C)(C)C)n1. The number of hydrogen-bond donors (Lipinski definition) is 2. The lowest BCUT2D eigenvalue weighted by Crippen LogP contribution is -2.47. The first-order chi connectivity index (χ1) is 17.7. The number of amides is 1. The van der Waals surface area contributed by atoms with Gasteiger partial charge >= 0.3 is 0 Å². The molecule has 8 heteroatoms. The Bertz CT molecular complexity index is 865. The summed E-state index contributed by atoms with van der Waals surface area (Å²) in [5, 5.41) is 13.0. The molecular weight excluding hydrogens is 466 g/mol. The van der Waals surface area contributed by atoms with Gasteiger partial charge in [-0.3, -0.25) is 9.69 Å². The van der Waals surface area contributed by atoms with Crippen LogP contribution in [0.4, 0.5) is 5.82 Å². The van der Waals surface area contributed by atoms with E-state index in [2.05, 4.69) is 42.0 Å². The fourth-order valence-corrected chi connectivity index (χ4v) is 6.02. The molecule has 1 aliphatic heterocycles. The zero-order valence-electron chi connectivity index (χ0n) is 23.5. The van der Waals surface area contributed by atoms with Crippen LogP contribution < -0.4 is 10.2 Å². The highest BCUT2D eigenvalue weighted by atomic mass is 16.5. The molecule has 3 fully saturated rings. The average molecular weight is 516 g/mol. The Morgan fingerprint density at radius 2 is 1.70 bits per heavy atom. The van der Waals surface area contributed by atoms with Gasteiger partial charge in [-0.05, 0) is 70.3 Å². The van der Waals surface area contributed by atoms with Crippen molar-refractivity contribution in [1.82, 2.24) is 20.2 Å². The number of aromatic nitrogens is 2. The standard InChI is InChI=1S/C29H49N5O3/c1-29(2,3)28-31-24(20-37-4)19-26(32-28)34-17-15-33(16-18-34)14-13-21-5-9-23(10-6-21)30-27(36)22-7-11-25(35)12-8-22/h19,21-23,25,35H,5-18,20H2,1-4H3,(H,30,36). The summed E-state index contributed by atoms with van der Waals surface area (Å²) in [4.78, 5) is 27.3. The van der Waals surface area contributed by atoms with E-state index in [1.807, 2.05) is 0 Å². The van der Waals surface area contributed by atoms with Crippen LogP contribution in [0, 0.1) is 11.8 Å². The topological polar surface area (TPSA) is 90.8 Å². The van der Waals surface area contributed by atoms with Gasteiger partial charge in [0.1, 0.15) is 11.6 Å². The van der Waals surface area contributed by atoms with Gasteiger partial charge in [0.2, 0.25) is 5.91 Å². The minimum absolute atomic E-state index is 0.0957. The second-order valence-corrected chi connectivity index (χ2v) is 12.6. The number of nitrogens with zero attached hydrogens (tertiary/aromatic N) is 4. The number of piperazine rings is 1. The van der Waals surface area contributed by atoms with Gasteiger partial charge in [0, 0.05) is 56.7 Å². The van der Waals surface area contributed by atoms with E-state index in [9.17, 15) is 9.90 Å². The third-order valence-corrected chi connectivity index (χ3v) is 8.54. The van der Waals surface area contributed by atoms with Crippen molar-refractivity contribution in [3.05, 3.63) is 17.6 Å². The Morgan fingerprint density at radius 1 is 1.03 bits per heavy atom. The largest absolute Gasteiger partial charge is 0.393 e. The smallest absolute Gasteiger partial charge is 0.223 e. The third kappa shape index (κ3) is 8.11. The predicted octanol–water partition coefficient (Wildman–Crippen LogP) is 3.66. The Hall–Kier alpha value is -1.77. The molecule has 1 aromatic rings. The molecule has 3 aliphatic rings. The number of hydrogen-bond acceptors (Lipinski definition) is 7. The van der Waals surface area contributed by atoms with Gasteiger partial charge in [-0.2, -0.15) is 0 Å². The maximum Gasteiger partial charge on any atom is 0.223 e. The van der Waals surface area contributed by atoms with Crippen molar-refractivity contribution in [2.75, 3.05) is 44.7 Å². The molecule has 2 N–H and O–H groups in total. The van der Waals surface area contributed by atoms with Crippen LogP contribution in [0.2, 0.25) is 0 Å². The van der Waals surface area contributed by atoms with Gasteiger partial charge in [-0.25, -0.2) is 9.97 Å². The Morgan fingerprint density at radius 3 is 2.32 bits per heavy atom. The highest BCUT2D eigenvalue weighted by molar-refractivity contribution is 5.79. The summed E-state index contributed by atoms with van der Waals surface area (Å²) < 4.78 is 5.36. The minimum atomic E-state index is -0.204. The van der Waals surface area contributed by atoms with Crippen LogP contribution in [0.1, 0.15) is 90.1 Å². The van der Waals surface area contributed by atoms with Gasteiger partial charge in [0.05, 0.1) is 18.4 Å². The maximum absolute atomic E-state index is 12.6. The molecule has 37 heavy (non-hydrogen) atoms. The molecule has 2 aliphatic carbocycles. The molecule has 208 valence electrons. The highest BCUT2D eigenvalue weighted by Gasteiger charge is 2.29. The Kier molecular flexibility index (Phi) is 9.81. The number of rotatable bonds is 8. The van der Waals surface area contributed by atoms with Gasteiger partial charge < -0.3 is 20.1 Å². The summed E-state index contributed by atoms with van der Waals surface area (Å²) in [5.74, 6) is 3.00. The number of anilines is 1. The first-order valence-electron chi connectivity index (χ1n) is 14.5. The number of nitrogens with one attached hydrogen (secondary N) is 1. The zero-order chi connectivity index (χ0) is 26.4. The lowest BCUT2D eigenvalue weighted by Gasteiger charge is -2.37. The van der Waals surface area contributed by atoms with E-state index in [1.54, 1.807) is 7.11 Å². The number of ether oxygens (including phenoxy) is 1. The van der Waals surface area contributed by atoms with Crippen LogP contribution in [0.3, 0.4) is 0 Å². The van der Waals surface area contributed by atoms with Crippen LogP contribution >= 0.6 is 0 Å². The highest BCUT2D eigenvalue weighted by Crippen LogP contribution is 2.29. The van der Waals surface area contributed by atoms with E-state index in [-0.39, 0.29) is 23.3 Å². The van der Waals surface area contributed by atoms with Crippen LogP contribution in [0.15, 0.2) is 6.07 Å². The van der Waals surface area contributed by atoms with Gasteiger partial charge in [0.25, 0.3) is 0 Å². The van der Waals surface area contributed by atoms with Gasteiger partial charge in [0.15, 0.2) is 0 Å². The quantitative estimate of drug-likeness (QED) is 0.546. The van der Waals surface area contributed by atoms with E-state index in [4.69, 9.17) is 14.7 Å². The monoisotopic (exact) mass is 515 g/mol. The van der Waals surface area contributed by atoms with Crippen molar-refractivity contribution in [1.29, 1.82) is 0 Å². The van der Waals surface area contributed by atoms with Gasteiger partial charge in [-0.15, -0.1) is 0 Å². The second kappa shape index (κ2) is 12.9. The predicted molar refractivity (Wildman–Crippen MR) is 147 cm³/mol. The van der Waals surface area contributed by atoms with Crippen molar-refractivity contribution < 1.29 is 14.6 Å². The molecule has 2 heterocycles.